The second-order valence-corrected chi connectivity index (χ2v) is 8.32. The fourth-order valence-corrected chi connectivity index (χ4v) is 4.57. The van der Waals surface area contributed by atoms with Gasteiger partial charge in [-0.1, -0.05) is 31.5 Å². The second kappa shape index (κ2) is 7.89. The van der Waals surface area contributed by atoms with E-state index in [1.54, 1.807) is 0 Å². The van der Waals surface area contributed by atoms with Crippen LogP contribution in [-0.4, -0.2) is 18.6 Å². The van der Waals surface area contributed by atoms with E-state index in [1.807, 2.05) is 0 Å². The first kappa shape index (κ1) is 19.7. The average Bonchev–Trinajstić information content (AvgIpc) is 2.64. The zero-order chi connectivity index (χ0) is 19.6. The molecule has 146 valence electrons. The van der Waals surface area contributed by atoms with Crippen LogP contribution in [-0.2, 0) is 9.53 Å². The largest absolute Gasteiger partial charge is 0.448 e. The first-order valence-corrected chi connectivity index (χ1v) is 9.51. The molecule has 3 aliphatic carbocycles. The van der Waals surface area contributed by atoms with Gasteiger partial charge in [0.2, 0.25) is 0 Å². The molecule has 3 saturated carbocycles. The molecular formula is C20H24ClFN2O3. The number of rotatable bonds is 4. The number of fused-ring (bicyclic) bond motifs is 2. The summed E-state index contributed by atoms with van der Waals surface area (Å²) in [5.74, 6) is 0.778. The van der Waals surface area contributed by atoms with Crippen LogP contribution in [0, 0.1) is 29.0 Å². The predicted molar refractivity (Wildman–Crippen MR) is 101 cm³/mol. The van der Waals surface area contributed by atoms with Gasteiger partial charge >= 0.3 is 6.09 Å². The smallest absolute Gasteiger partial charge is 0.426 e. The minimum absolute atomic E-state index is 0.194. The second-order valence-electron chi connectivity index (χ2n) is 7.91. The number of benzene rings is 1. The third-order valence-corrected chi connectivity index (χ3v) is 6.42. The van der Waals surface area contributed by atoms with Crippen molar-refractivity contribution in [2.45, 2.75) is 33.1 Å². The highest BCUT2D eigenvalue weighted by Crippen LogP contribution is 2.61. The van der Waals surface area contributed by atoms with E-state index in [4.69, 9.17) is 16.3 Å². The Labute approximate surface area is 163 Å². The van der Waals surface area contributed by atoms with E-state index in [0.717, 1.165) is 18.4 Å². The first-order valence-electron chi connectivity index (χ1n) is 9.13. The molecule has 2 amide bonds. The molecule has 7 heteroatoms. The van der Waals surface area contributed by atoms with Crippen LogP contribution in [0.4, 0.5) is 9.18 Å². The Bertz CT molecular complexity index is 764. The molecule has 2 bridgehead atoms. The number of hydrazine groups is 1. The summed E-state index contributed by atoms with van der Waals surface area (Å²) in [7, 11) is 0. The van der Waals surface area contributed by atoms with Crippen molar-refractivity contribution in [1.29, 1.82) is 0 Å². The Balaban J connectivity index is 1.40. The van der Waals surface area contributed by atoms with E-state index in [0.29, 0.717) is 29.4 Å². The molecule has 3 unspecified atom stereocenters. The van der Waals surface area contributed by atoms with Gasteiger partial charge < -0.3 is 4.74 Å². The lowest BCUT2D eigenvalue weighted by Crippen LogP contribution is -2.53. The average molecular weight is 395 g/mol. The molecule has 5 nitrogen and oxygen atoms in total. The van der Waals surface area contributed by atoms with E-state index >= 15 is 0 Å². The van der Waals surface area contributed by atoms with E-state index in [1.165, 1.54) is 37.1 Å². The van der Waals surface area contributed by atoms with Crippen LogP contribution in [0.1, 0.15) is 38.7 Å². The van der Waals surface area contributed by atoms with Gasteiger partial charge in [0.25, 0.3) is 5.91 Å². The van der Waals surface area contributed by atoms with E-state index in [2.05, 4.69) is 24.7 Å². The van der Waals surface area contributed by atoms with Gasteiger partial charge in [0.05, 0.1) is 11.6 Å². The summed E-state index contributed by atoms with van der Waals surface area (Å²) in [6, 6.07) is 3.86. The minimum Gasteiger partial charge on any atom is -0.448 e. The van der Waals surface area contributed by atoms with Gasteiger partial charge in [-0.2, -0.15) is 0 Å². The predicted octanol–water partition coefficient (Wildman–Crippen LogP) is 4.32. The van der Waals surface area contributed by atoms with Crippen LogP contribution in [0.3, 0.4) is 0 Å². The van der Waals surface area contributed by atoms with Crippen LogP contribution >= 0.6 is 11.6 Å². The third kappa shape index (κ3) is 4.43. The van der Waals surface area contributed by atoms with Crippen molar-refractivity contribution in [2.24, 2.45) is 23.2 Å². The summed E-state index contributed by atoms with van der Waals surface area (Å²) >= 11 is 5.88. The summed E-state index contributed by atoms with van der Waals surface area (Å²) < 4.78 is 18.2. The zero-order valence-corrected chi connectivity index (χ0v) is 16.2. The van der Waals surface area contributed by atoms with Gasteiger partial charge in [-0.25, -0.2) is 14.6 Å². The Morgan fingerprint density at radius 3 is 2.78 bits per heavy atom. The Kier molecular flexibility index (Phi) is 5.75. The lowest BCUT2D eigenvalue weighted by Gasteiger charge is -2.60. The number of hydrogen-bond donors (Lipinski definition) is 2. The van der Waals surface area contributed by atoms with E-state index in [-0.39, 0.29) is 5.02 Å². The summed E-state index contributed by atoms with van der Waals surface area (Å²) in [5, 5.41) is 0.194. The molecule has 27 heavy (non-hydrogen) atoms. The number of carbonyl (C=O) groups excluding carboxylic acids is 2. The SMILES string of the molecule is CC1(C)C2CCC(COC(=O)NNC(=O)/C=C/c3ccc(F)cc3Cl)C1C2. The molecule has 3 fully saturated rings. The molecule has 4 rings (SSSR count). The summed E-state index contributed by atoms with van der Waals surface area (Å²) in [6.07, 6.45) is 5.43. The molecule has 0 radical (unpaired) electrons. The van der Waals surface area contributed by atoms with Gasteiger partial charge in [-0.15, -0.1) is 0 Å². The van der Waals surface area contributed by atoms with Crippen molar-refractivity contribution in [1.82, 2.24) is 10.9 Å². The topological polar surface area (TPSA) is 67.4 Å². The highest BCUT2D eigenvalue weighted by Gasteiger charge is 2.54. The number of halogens is 2. The van der Waals surface area contributed by atoms with Crippen molar-refractivity contribution in [2.75, 3.05) is 6.61 Å². The van der Waals surface area contributed by atoms with Crippen molar-refractivity contribution >= 4 is 29.7 Å². The molecule has 3 aliphatic rings. The summed E-state index contributed by atoms with van der Waals surface area (Å²) in [4.78, 5) is 23.6. The molecule has 0 aromatic heterocycles. The fraction of sp³-hybridized carbons (Fsp3) is 0.500. The molecule has 1 aromatic carbocycles. The van der Waals surface area contributed by atoms with E-state index < -0.39 is 17.8 Å². The molecule has 0 saturated heterocycles. The molecule has 0 heterocycles. The van der Waals surface area contributed by atoms with Gasteiger partial charge in [0.15, 0.2) is 0 Å². The third-order valence-electron chi connectivity index (χ3n) is 6.09. The van der Waals surface area contributed by atoms with Crippen molar-refractivity contribution in [3.8, 4) is 0 Å². The first-order chi connectivity index (χ1) is 12.8. The quantitative estimate of drug-likeness (QED) is 0.590. The maximum absolute atomic E-state index is 13.0. The van der Waals surface area contributed by atoms with Crippen LogP contribution in [0.25, 0.3) is 6.08 Å². The molecule has 1 aromatic rings. The Morgan fingerprint density at radius 1 is 1.33 bits per heavy atom. The van der Waals surface area contributed by atoms with Crippen molar-refractivity contribution in [3.05, 3.63) is 40.7 Å². The standard InChI is InChI=1S/C20H24ClFN2O3/c1-20(2)14-6-3-13(16(20)9-14)11-27-19(26)24-23-18(25)8-5-12-4-7-15(22)10-17(12)21/h4-5,7-8,10,13-14,16H,3,6,9,11H2,1-2H3,(H,23,25)(H,24,26)/b8-5+. The van der Waals surface area contributed by atoms with Crippen molar-refractivity contribution in [3.63, 3.8) is 0 Å². The van der Waals surface area contributed by atoms with Crippen LogP contribution in [0.2, 0.25) is 5.02 Å². The van der Waals surface area contributed by atoms with Crippen LogP contribution < -0.4 is 10.9 Å². The maximum Gasteiger partial charge on any atom is 0.426 e. The number of carbonyl (C=O) groups is 2. The summed E-state index contributed by atoms with van der Waals surface area (Å²) in [6.45, 7) is 4.94. The minimum atomic E-state index is -0.684. The van der Waals surface area contributed by atoms with Gasteiger partial charge in [-0.05, 0) is 66.2 Å². The highest BCUT2D eigenvalue weighted by atomic mass is 35.5. The van der Waals surface area contributed by atoms with Gasteiger partial charge in [0.1, 0.15) is 5.82 Å². The molecule has 0 spiro atoms. The zero-order valence-electron chi connectivity index (χ0n) is 15.4. The van der Waals surface area contributed by atoms with Crippen LogP contribution in [0.5, 0.6) is 0 Å². The van der Waals surface area contributed by atoms with Crippen LogP contribution in [0.15, 0.2) is 24.3 Å². The fourth-order valence-electron chi connectivity index (χ4n) is 4.34. The van der Waals surface area contributed by atoms with E-state index in [9.17, 15) is 14.0 Å². The number of hydrogen-bond acceptors (Lipinski definition) is 3. The lowest BCUT2D eigenvalue weighted by atomic mass is 9.46. The lowest BCUT2D eigenvalue weighted by molar-refractivity contribution is -0.119. The number of nitrogens with one attached hydrogen (secondary N) is 2. The molecule has 3 atom stereocenters. The molecule has 2 N–H and O–H groups in total. The number of amides is 2. The van der Waals surface area contributed by atoms with Gasteiger partial charge in [-0.3, -0.25) is 10.2 Å². The molecular weight excluding hydrogens is 371 g/mol. The van der Waals surface area contributed by atoms with Gasteiger partial charge in [0, 0.05) is 6.08 Å². The Morgan fingerprint density at radius 2 is 2.11 bits per heavy atom. The monoisotopic (exact) mass is 394 g/mol. The maximum atomic E-state index is 13.0. The summed E-state index contributed by atoms with van der Waals surface area (Å²) in [5.41, 5.74) is 5.30. The number of ether oxygens (including phenoxy) is 1. The highest BCUT2D eigenvalue weighted by molar-refractivity contribution is 6.32. The normalized spacial score (nSPS) is 25.6. The molecule has 0 aliphatic heterocycles. The van der Waals surface area contributed by atoms with Crippen molar-refractivity contribution < 1.29 is 18.7 Å². The Hall–Kier alpha value is -2.08.